The summed E-state index contributed by atoms with van der Waals surface area (Å²) in [6, 6.07) is 13.2. The molecule has 45 heavy (non-hydrogen) atoms. The Hall–Kier alpha value is -4.14. The summed E-state index contributed by atoms with van der Waals surface area (Å²) < 4.78 is 17.5. The number of esters is 1. The Morgan fingerprint density at radius 2 is 1.89 bits per heavy atom. The topological polar surface area (TPSA) is 156 Å². The number of aliphatic hydroxyl groups is 1. The van der Waals surface area contributed by atoms with Crippen LogP contribution in [0, 0.1) is 5.41 Å². The minimum atomic E-state index is -1.34. The van der Waals surface area contributed by atoms with E-state index in [9.17, 15) is 19.2 Å². The van der Waals surface area contributed by atoms with Crippen LogP contribution in [0.4, 0.5) is 0 Å². The minimum absolute atomic E-state index is 0.00964. The molecule has 0 spiro atoms. The van der Waals surface area contributed by atoms with Gasteiger partial charge in [0.15, 0.2) is 6.04 Å². The first-order valence-electron chi connectivity index (χ1n) is 14.8. The highest BCUT2D eigenvalue weighted by molar-refractivity contribution is 5.95. The first-order chi connectivity index (χ1) is 21.7. The van der Waals surface area contributed by atoms with Crippen LogP contribution < -0.4 is 10.6 Å². The van der Waals surface area contributed by atoms with Gasteiger partial charge in [-0.3, -0.25) is 24.0 Å². The van der Waals surface area contributed by atoms with Crippen molar-refractivity contribution in [1.82, 2.24) is 20.6 Å². The van der Waals surface area contributed by atoms with E-state index >= 15 is 0 Å². The van der Waals surface area contributed by atoms with Crippen LogP contribution in [0.15, 0.2) is 54.6 Å². The van der Waals surface area contributed by atoms with Gasteiger partial charge in [0.25, 0.3) is 5.91 Å². The average Bonchev–Trinajstić information content (AvgIpc) is 3.67. The molecule has 3 heterocycles. The maximum Gasteiger partial charge on any atom is 0.327 e. The number of likely N-dealkylation sites (N-methyl/N-ethyl adjacent to an activating group) is 1. The summed E-state index contributed by atoms with van der Waals surface area (Å²) in [6.07, 6.45) is 0.649. The van der Waals surface area contributed by atoms with Crippen molar-refractivity contribution in [2.75, 3.05) is 34.0 Å². The number of hydrogen-bond donors (Lipinski definition) is 3. The number of carbonyl (C=O) groups excluding carboxylic acids is 4. The summed E-state index contributed by atoms with van der Waals surface area (Å²) in [5, 5.41) is 16.1. The zero-order valence-corrected chi connectivity index (χ0v) is 25.0. The van der Waals surface area contributed by atoms with E-state index in [1.165, 1.54) is 16.0 Å². The summed E-state index contributed by atoms with van der Waals surface area (Å²) >= 11 is 0. The van der Waals surface area contributed by atoms with Crippen LogP contribution in [-0.4, -0.2) is 103 Å². The number of ether oxygens (including phenoxy) is 3. The number of carbonyl (C=O) groups is 4. The summed E-state index contributed by atoms with van der Waals surface area (Å²) in [5.41, 5.74) is 1.27. The number of hydrogen-bond acceptors (Lipinski definition) is 10. The first-order valence-corrected chi connectivity index (χ1v) is 14.8. The predicted octanol–water partition coefficient (Wildman–Crippen LogP) is 0.368. The van der Waals surface area contributed by atoms with Gasteiger partial charge in [-0.2, -0.15) is 5.06 Å². The lowest BCUT2D eigenvalue weighted by Crippen LogP contribution is -2.69. The van der Waals surface area contributed by atoms with Gasteiger partial charge in [0, 0.05) is 45.2 Å². The molecule has 238 valence electrons. The lowest BCUT2D eigenvalue weighted by Gasteiger charge is -2.48. The van der Waals surface area contributed by atoms with Crippen LogP contribution in [0.5, 0.6) is 0 Å². The largest absolute Gasteiger partial charge is 0.458 e. The van der Waals surface area contributed by atoms with E-state index in [4.69, 9.17) is 24.2 Å². The van der Waals surface area contributed by atoms with Crippen molar-refractivity contribution >= 4 is 29.8 Å². The second kappa shape index (κ2) is 12.7. The number of hydroxylamine groups is 2. The third-order valence-corrected chi connectivity index (χ3v) is 8.76. The quantitative estimate of drug-likeness (QED) is 0.251. The van der Waals surface area contributed by atoms with Crippen LogP contribution in [-0.2, 0) is 46.5 Å². The standard InChI is InChI=1S/C32H36N4O9/c1-35(2)24(38)11-10-20-7-3-4-8-22(20)17-36-27-30(40)44-23-15-32(27,28(45-36)26-25(23)42-18-43-26)31(41)34-16-19-6-5-9-21(14-19)29(39)33-12-13-37/h3-11,14,23,25-28,37H,12-13,15-18H2,1-2H3,(H,33,39)(H,34,41). The number of aliphatic hydroxyl groups excluding tert-OH is 1. The van der Waals surface area contributed by atoms with E-state index in [0.717, 1.165) is 11.1 Å². The number of rotatable bonds is 10. The zero-order valence-electron chi connectivity index (χ0n) is 25.0. The van der Waals surface area contributed by atoms with Gasteiger partial charge in [0.05, 0.1) is 13.2 Å². The third kappa shape index (κ3) is 5.73. The summed E-state index contributed by atoms with van der Waals surface area (Å²) in [6.45, 7) is 0.172. The Kier molecular flexibility index (Phi) is 8.71. The van der Waals surface area contributed by atoms with Gasteiger partial charge in [-0.05, 0) is 34.9 Å². The van der Waals surface area contributed by atoms with Crippen molar-refractivity contribution in [2.24, 2.45) is 5.41 Å². The highest BCUT2D eigenvalue weighted by atomic mass is 16.8. The summed E-state index contributed by atoms with van der Waals surface area (Å²) in [7, 11) is 3.33. The molecule has 2 bridgehead atoms. The molecule has 2 aromatic rings. The van der Waals surface area contributed by atoms with Gasteiger partial charge in [-0.15, -0.1) is 0 Å². The number of nitrogens with zero attached hydrogens (tertiary/aromatic N) is 2. The van der Waals surface area contributed by atoms with Gasteiger partial charge in [0.2, 0.25) is 11.8 Å². The van der Waals surface area contributed by atoms with Gasteiger partial charge >= 0.3 is 5.97 Å². The van der Waals surface area contributed by atoms with E-state index in [1.54, 1.807) is 44.4 Å². The Bertz CT molecular complexity index is 1510. The molecule has 2 aromatic carbocycles. The maximum absolute atomic E-state index is 14.3. The fraction of sp³-hybridized carbons (Fsp3) is 0.438. The molecule has 1 aliphatic carbocycles. The molecule has 3 saturated heterocycles. The molecule has 6 atom stereocenters. The van der Waals surface area contributed by atoms with E-state index in [2.05, 4.69) is 10.6 Å². The molecule has 3 amide bonds. The maximum atomic E-state index is 14.3. The molecule has 3 N–H and O–H groups in total. The first kappa shape index (κ1) is 30.9. The average molecular weight is 621 g/mol. The van der Waals surface area contributed by atoms with Crippen molar-refractivity contribution in [3.05, 3.63) is 76.9 Å². The van der Waals surface area contributed by atoms with Crippen LogP contribution in [0.3, 0.4) is 0 Å². The van der Waals surface area contributed by atoms with Crippen molar-refractivity contribution < 1.29 is 43.3 Å². The van der Waals surface area contributed by atoms with E-state index < -0.39 is 47.7 Å². The number of amides is 3. The lowest BCUT2D eigenvalue weighted by molar-refractivity contribution is -0.201. The highest BCUT2D eigenvalue weighted by Crippen LogP contribution is 2.55. The van der Waals surface area contributed by atoms with Gasteiger partial charge in [-0.1, -0.05) is 36.4 Å². The molecular weight excluding hydrogens is 584 g/mol. The molecule has 6 unspecified atom stereocenters. The summed E-state index contributed by atoms with van der Waals surface area (Å²) in [5.74, 6) is -1.49. The fourth-order valence-electron chi connectivity index (χ4n) is 6.59. The van der Waals surface area contributed by atoms with Crippen LogP contribution in [0.25, 0.3) is 6.08 Å². The minimum Gasteiger partial charge on any atom is -0.458 e. The Balaban J connectivity index is 1.28. The molecule has 0 radical (unpaired) electrons. The van der Waals surface area contributed by atoms with Crippen molar-refractivity contribution in [3.63, 3.8) is 0 Å². The SMILES string of the molecule is CN(C)C(=O)C=Cc1ccccc1CN1OC2C3OCOC3C3CC2(C(=O)NCc2cccc(C(=O)NCCO)c2)C1C(=O)O3. The highest BCUT2D eigenvalue weighted by Gasteiger charge is 2.74. The number of benzene rings is 2. The monoisotopic (exact) mass is 620 g/mol. The normalized spacial score (nSPS) is 28.4. The van der Waals surface area contributed by atoms with Crippen LogP contribution in [0.2, 0.25) is 0 Å². The zero-order chi connectivity index (χ0) is 31.7. The Labute approximate surface area is 260 Å². The van der Waals surface area contributed by atoms with Gasteiger partial charge in [0.1, 0.15) is 36.6 Å². The van der Waals surface area contributed by atoms with Crippen molar-refractivity contribution in [3.8, 4) is 0 Å². The third-order valence-electron chi connectivity index (χ3n) is 8.76. The predicted molar refractivity (Wildman–Crippen MR) is 158 cm³/mol. The smallest absolute Gasteiger partial charge is 0.327 e. The van der Waals surface area contributed by atoms with E-state index in [0.29, 0.717) is 11.1 Å². The fourth-order valence-corrected chi connectivity index (χ4v) is 6.59. The molecule has 13 nitrogen and oxygen atoms in total. The molecular formula is C32H36N4O9. The van der Waals surface area contributed by atoms with Gasteiger partial charge in [-0.25, -0.2) is 0 Å². The van der Waals surface area contributed by atoms with Crippen molar-refractivity contribution in [2.45, 2.75) is 50.0 Å². The van der Waals surface area contributed by atoms with E-state index in [1.807, 2.05) is 24.3 Å². The molecule has 4 aliphatic rings. The number of fused-ring (bicyclic) bond motifs is 4. The van der Waals surface area contributed by atoms with Crippen LogP contribution in [0.1, 0.15) is 33.5 Å². The molecule has 4 fully saturated rings. The second-order valence-electron chi connectivity index (χ2n) is 11.7. The second-order valence-corrected chi connectivity index (χ2v) is 11.7. The number of nitrogens with one attached hydrogen (secondary N) is 2. The Morgan fingerprint density at radius 1 is 1.09 bits per heavy atom. The molecule has 3 aliphatic heterocycles. The van der Waals surface area contributed by atoms with E-state index in [-0.39, 0.29) is 51.3 Å². The molecule has 6 rings (SSSR count). The van der Waals surface area contributed by atoms with Crippen molar-refractivity contribution in [1.29, 1.82) is 0 Å². The molecule has 1 saturated carbocycles. The molecule has 13 heteroatoms. The Morgan fingerprint density at radius 3 is 2.69 bits per heavy atom. The lowest BCUT2D eigenvalue weighted by atomic mass is 9.62. The molecule has 0 aromatic heterocycles. The summed E-state index contributed by atoms with van der Waals surface area (Å²) in [4.78, 5) is 60.5. The van der Waals surface area contributed by atoms with Crippen LogP contribution >= 0.6 is 0 Å². The van der Waals surface area contributed by atoms with Gasteiger partial charge < -0.3 is 34.9 Å².